The van der Waals surface area contributed by atoms with Crippen LogP contribution in [0.25, 0.3) is 0 Å². The number of carbonyl (C=O) groups excluding carboxylic acids is 1. The Morgan fingerprint density at radius 3 is 2.33 bits per heavy atom. The van der Waals surface area contributed by atoms with Gasteiger partial charge < -0.3 is 4.74 Å². The number of Topliss-reactive ketones (excluding diaryl/α,β-unsaturated/α-hetero) is 1. The van der Waals surface area contributed by atoms with Crippen molar-refractivity contribution in [3.63, 3.8) is 0 Å². The van der Waals surface area contributed by atoms with Crippen LogP contribution in [0.4, 0.5) is 0 Å². The third-order valence-corrected chi connectivity index (χ3v) is 4.34. The summed E-state index contributed by atoms with van der Waals surface area (Å²) >= 11 is 0. The van der Waals surface area contributed by atoms with Crippen LogP contribution in [0.15, 0.2) is 24.3 Å². The second-order valence-electron chi connectivity index (χ2n) is 5.56. The number of benzene rings is 1. The van der Waals surface area contributed by atoms with E-state index in [1.54, 1.807) is 7.11 Å². The van der Waals surface area contributed by atoms with E-state index >= 15 is 0 Å². The molecule has 18 heavy (non-hydrogen) atoms. The summed E-state index contributed by atoms with van der Waals surface area (Å²) in [4.78, 5) is 12.4. The van der Waals surface area contributed by atoms with Crippen LogP contribution >= 0.6 is 0 Å². The molecule has 1 aliphatic rings. The van der Waals surface area contributed by atoms with Gasteiger partial charge in [-0.1, -0.05) is 13.8 Å². The van der Waals surface area contributed by atoms with E-state index in [0.29, 0.717) is 11.7 Å². The summed E-state index contributed by atoms with van der Waals surface area (Å²) in [5.74, 6) is 2.73. The molecule has 1 aliphatic carbocycles. The predicted molar refractivity (Wildman–Crippen MR) is 73.0 cm³/mol. The first-order valence-electron chi connectivity index (χ1n) is 6.80. The van der Waals surface area contributed by atoms with Crippen LogP contribution in [0, 0.1) is 17.8 Å². The normalized spacial score (nSPS) is 27.8. The Bertz CT molecular complexity index is 408. The van der Waals surface area contributed by atoms with Gasteiger partial charge in [0, 0.05) is 11.5 Å². The van der Waals surface area contributed by atoms with Crippen LogP contribution in [0.3, 0.4) is 0 Å². The van der Waals surface area contributed by atoms with Gasteiger partial charge in [0.05, 0.1) is 7.11 Å². The Morgan fingerprint density at radius 1 is 1.11 bits per heavy atom. The summed E-state index contributed by atoms with van der Waals surface area (Å²) in [5, 5.41) is 0. The zero-order valence-corrected chi connectivity index (χ0v) is 11.5. The second-order valence-corrected chi connectivity index (χ2v) is 5.56. The minimum Gasteiger partial charge on any atom is -0.497 e. The fraction of sp³-hybridized carbons (Fsp3) is 0.562. The zero-order chi connectivity index (χ0) is 13.1. The zero-order valence-electron chi connectivity index (χ0n) is 11.5. The summed E-state index contributed by atoms with van der Waals surface area (Å²) in [6.45, 7) is 4.55. The molecule has 2 rings (SSSR count). The van der Waals surface area contributed by atoms with E-state index in [-0.39, 0.29) is 5.92 Å². The summed E-state index contributed by atoms with van der Waals surface area (Å²) < 4.78 is 5.11. The Kier molecular flexibility index (Phi) is 4.05. The highest BCUT2D eigenvalue weighted by atomic mass is 16.5. The van der Waals surface area contributed by atoms with Gasteiger partial charge in [-0.15, -0.1) is 0 Å². The predicted octanol–water partition coefficient (Wildman–Crippen LogP) is 3.95. The summed E-state index contributed by atoms with van der Waals surface area (Å²) in [5.41, 5.74) is 0.822. The molecule has 1 fully saturated rings. The van der Waals surface area contributed by atoms with Crippen molar-refractivity contribution in [1.82, 2.24) is 0 Å². The second kappa shape index (κ2) is 5.55. The van der Waals surface area contributed by atoms with E-state index in [4.69, 9.17) is 4.74 Å². The lowest BCUT2D eigenvalue weighted by Gasteiger charge is -2.31. The fourth-order valence-electron chi connectivity index (χ4n) is 2.78. The fourth-order valence-corrected chi connectivity index (χ4v) is 2.78. The summed E-state index contributed by atoms with van der Waals surface area (Å²) in [7, 11) is 1.64. The maximum absolute atomic E-state index is 12.4. The average Bonchev–Trinajstić information content (AvgIpc) is 2.41. The molecule has 3 unspecified atom stereocenters. The maximum atomic E-state index is 12.4. The monoisotopic (exact) mass is 246 g/mol. The third-order valence-electron chi connectivity index (χ3n) is 4.34. The largest absolute Gasteiger partial charge is 0.497 e. The van der Waals surface area contributed by atoms with Crippen LogP contribution in [0.2, 0.25) is 0 Å². The van der Waals surface area contributed by atoms with Crippen LogP contribution in [0.1, 0.15) is 43.5 Å². The van der Waals surface area contributed by atoms with Crippen LogP contribution in [-0.2, 0) is 0 Å². The lowest BCUT2D eigenvalue weighted by molar-refractivity contribution is 0.0837. The minimum atomic E-state index is 0.213. The van der Waals surface area contributed by atoms with Crippen molar-refractivity contribution in [3.8, 4) is 5.75 Å². The van der Waals surface area contributed by atoms with Crippen molar-refractivity contribution in [1.29, 1.82) is 0 Å². The molecule has 3 atom stereocenters. The van der Waals surface area contributed by atoms with Gasteiger partial charge in [-0.3, -0.25) is 4.79 Å². The molecule has 2 nitrogen and oxygen atoms in total. The topological polar surface area (TPSA) is 26.3 Å². The molecule has 0 amide bonds. The van der Waals surface area contributed by atoms with Crippen LogP contribution in [0.5, 0.6) is 5.75 Å². The molecule has 0 N–H and O–H groups in total. The lowest BCUT2D eigenvalue weighted by atomic mass is 9.73. The molecule has 0 heterocycles. The van der Waals surface area contributed by atoms with E-state index in [1.807, 2.05) is 24.3 Å². The SMILES string of the molecule is COc1ccc(C(=O)C2CCC(C)C(C)C2)cc1. The molecule has 1 saturated carbocycles. The first kappa shape index (κ1) is 13.1. The highest BCUT2D eigenvalue weighted by molar-refractivity contribution is 5.98. The number of carbonyl (C=O) groups is 1. The molecule has 1 aromatic carbocycles. The quantitative estimate of drug-likeness (QED) is 0.755. The van der Waals surface area contributed by atoms with Crippen molar-refractivity contribution < 1.29 is 9.53 Å². The number of methoxy groups -OCH3 is 1. The standard InChI is InChI=1S/C16H22O2/c1-11-4-5-14(10-12(11)2)16(17)13-6-8-15(18-3)9-7-13/h6-9,11-12,14H,4-5,10H2,1-3H3. The van der Waals surface area contributed by atoms with E-state index in [2.05, 4.69) is 13.8 Å². The molecule has 98 valence electrons. The maximum Gasteiger partial charge on any atom is 0.165 e. The van der Waals surface area contributed by atoms with Gasteiger partial charge in [-0.05, 0) is 55.4 Å². The molecule has 0 aromatic heterocycles. The Morgan fingerprint density at radius 2 is 1.78 bits per heavy atom. The van der Waals surface area contributed by atoms with Crippen molar-refractivity contribution in [2.24, 2.45) is 17.8 Å². The number of ether oxygens (including phenoxy) is 1. The lowest BCUT2D eigenvalue weighted by Crippen LogP contribution is -2.26. The Labute approximate surface area is 109 Å². The molecule has 0 spiro atoms. The summed E-state index contributed by atoms with van der Waals surface area (Å²) in [6.07, 6.45) is 3.25. The van der Waals surface area contributed by atoms with Crippen molar-refractivity contribution in [2.45, 2.75) is 33.1 Å². The van der Waals surface area contributed by atoms with Gasteiger partial charge in [-0.25, -0.2) is 0 Å². The molecule has 0 aliphatic heterocycles. The van der Waals surface area contributed by atoms with Crippen LogP contribution < -0.4 is 4.74 Å². The molecular weight excluding hydrogens is 224 g/mol. The van der Waals surface area contributed by atoms with Gasteiger partial charge in [-0.2, -0.15) is 0 Å². The Balaban J connectivity index is 2.06. The average molecular weight is 246 g/mol. The minimum absolute atomic E-state index is 0.213. The summed E-state index contributed by atoms with van der Waals surface area (Å²) in [6, 6.07) is 7.48. The first-order valence-corrected chi connectivity index (χ1v) is 6.80. The highest BCUT2D eigenvalue weighted by Crippen LogP contribution is 2.35. The van der Waals surface area contributed by atoms with Crippen molar-refractivity contribution in [2.75, 3.05) is 7.11 Å². The van der Waals surface area contributed by atoms with Gasteiger partial charge in [0.1, 0.15) is 5.75 Å². The van der Waals surface area contributed by atoms with Crippen molar-refractivity contribution >= 4 is 5.78 Å². The van der Waals surface area contributed by atoms with Gasteiger partial charge in [0.2, 0.25) is 0 Å². The molecule has 0 radical (unpaired) electrons. The Hall–Kier alpha value is -1.31. The van der Waals surface area contributed by atoms with E-state index in [0.717, 1.165) is 30.1 Å². The smallest absolute Gasteiger partial charge is 0.165 e. The van der Waals surface area contributed by atoms with Gasteiger partial charge >= 0.3 is 0 Å². The van der Waals surface area contributed by atoms with Crippen molar-refractivity contribution in [3.05, 3.63) is 29.8 Å². The molecule has 0 saturated heterocycles. The number of rotatable bonds is 3. The molecule has 0 bridgehead atoms. The third kappa shape index (κ3) is 2.74. The molecule has 2 heteroatoms. The van der Waals surface area contributed by atoms with E-state index < -0.39 is 0 Å². The first-order chi connectivity index (χ1) is 8.61. The highest BCUT2D eigenvalue weighted by Gasteiger charge is 2.29. The number of hydrogen-bond donors (Lipinski definition) is 0. The number of ketones is 1. The van der Waals surface area contributed by atoms with E-state index in [9.17, 15) is 4.79 Å². The molecule has 1 aromatic rings. The van der Waals surface area contributed by atoms with Crippen LogP contribution in [-0.4, -0.2) is 12.9 Å². The number of hydrogen-bond acceptors (Lipinski definition) is 2. The van der Waals surface area contributed by atoms with Gasteiger partial charge in [0.15, 0.2) is 5.78 Å². The molecular formula is C16H22O2. The van der Waals surface area contributed by atoms with Gasteiger partial charge in [0.25, 0.3) is 0 Å². The van der Waals surface area contributed by atoms with E-state index in [1.165, 1.54) is 6.42 Å².